The van der Waals surface area contributed by atoms with E-state index >= 15 is 0 Å². The van der Waals surface area contributed by atoms with Gasteiger partial charge in [-0.05, 0) is 75.5 Å². The van der Waals surface area contributed by atoms with Crippen LogP contribution in [0.1, 0.15) is 77.0 Å². The van der Waals surface area contributed by atoms with Crippen molar-refractivity contribution in [1.82, 2.24) is 0 Å². The zero-order valence-electron chi connectivity index (χ0n) is 15.8. The van der Waals surface area contributed by atoms with Gasteiger partial charge in [-0.2, -0.15) is 0 Å². The molecule has 4 aliphatic rings. The maximum atomic E-state index is 13.2. The summed E-state index contributed by atoms with van der Waals surface area (Å²) in [6.45, 7) is 3.69. The molecule has 0 aromatic carbocycles. The van der Waals surface area contributed by atoms with Crippen LogP contribution in [0.4, 0.5) is 0 Å². The number of carbonyl (C=O) groups excluding carboxylic acids is 2. The summed E-state index contributed by atoms with van der Waals surface area (Å²) in [5.74, 6) is 1.48. The van der Waals surface area contributed by atoms with Crippen LogP contribution in [0.3, 0.4) is 0 Å². The molecule has 0 aromatic heterocycles. The van der Waals surface area contributed by atoms with Crippen LogP contribution in [0.5, 0.6) is 0 Å². The molecular formula is C22H32O4. The lowest BCUT2D eigenvalue weighted by Gasteiger charge is -2.45. The highest BCUT2D eigenvalue weighted by molar-refractivity contribution is 5.82. The molecule has 0 aromatic rings. The maximum Gasteiger partial charge on any atom is 0.330 e. The molecule has 0 heterocycles. The lowest BCUT2D eigenvalue weighted by Crippen LogP contribution is -2.49. The summed E-state index contributed by atoms with van der Waals surface area (Å²) < 4.78 is 11.6. The van der Waals surface area contributed by atoms with Crippen molar-refractivity contribution in [2.75, 3.05) is 6.61 Å². The zero-order valence-corrected chi connectivity index (χ0v) is 15.8. The van der Waals surface area contributed by atoms with E-state index in [2.05, 4.69) is 6.58 Å². The molecule has 26 heavy (non-hydrogen) atoms. The first-order valence-corrected chi connectivity index (χ1v) is 10.6. The standard InChI is InChI=1S/C22H32O4/c1-2-19(23)25-13-12-21(10-11-21)20(24)26-22(17-6-4-3-5-7-17)15-16-8-9-18(22)14-16/h2,16-18H,1,3-15H2. The van der Waals surface area contributed by atoms with E-state index < -0.39 is 11.4 Å². The number of ether oxygens (including phenoxy) is 2. The van der Waals surface area contributed by atoms with Crippen LogP contribution in [0.2, 0.25) is 0 Å². The molecule has 4 rings (SSSR count). The third-order valence-electron chi connectivity index (χ3n) is 7.70. The van der Waals surface area contributed by atoms with Crippen molar-refractivity contribution in [2.45, 2.75) is 82.7 Å². The van der Waals surface area contributed by atoms with E-state index in [1.165, 1.54) is 57.4 Å². The lowest BCUT2D eigenvalue weighted by molar-refractivity contribution is -0.185. The fourth-order valence-electron chi connectivity index (χ4n) is 6.02. The molecule has 3 unspecified atom stereocenters. The minimum Gasteiger partial charge on any atom is -0.463 e. The van der Waals surface area contributed by atoms with Crippen molar-refractivity contribution >= 4 is 11.9 Å². The van der Waals surface area contributed by atoms with Crippen LogP contribution in [0.25, 0.3) is 0 Å². The topological polar surface area (TPSA) is 52.6 Å². The highest BCUT2D eigenvalue weighted by Crippen LogP contribution is 2.60. The van der Waals surface area contributed by atoms with E-state index in [0.29, 0.717) is 18.3 Å². The first-order valence-electron chi connectivity index (χ1n) is 10.6. The number of hydrogen-bond acceptors (Lipinski definition) is 4. The Morgan fingerprint density at radius 1 is 1.04 bits per heavy atom. The van der Waals surface area contributed by atoms with Crippen molar-refractivity contribution in [3.63, 3.8) is 0 Å². The van der Waals surface area contributed by atoms with Crippen LogP contribution in [0.15, 0.2) is 12.7 Å². The Morgan fingerprint density at radius 3 is 2.38 bits per heavy atom. The highest BCUT2D eigenvalue weighted by Gasteiger charge is 2.60. The fourth-order valence-corrected chi connectivity index (χ4v) is 6.02. The van der Waals surface area contributed by atoms with Crippen molar-refractivity contribution in [3.8, 4) is 0 Å². The number of fused-ring (bicyclic) bond motifs is 2. The summed E-state index contributed by atoms with van der Waals surface area (Å²) in [6.07, 6.45) is 14.7. The largest absolute Gasteiger partial charge is 0.463 e. The first kappa shape index (κ1) is 18.1. The predicted octanol–water partition coefficient (Wildman–Crippen LogP) is 4.57. The molecular weight excluding hydrogens is 328 g/mol. The second-order valence-electron chi connectivity index (χ2n) is 9.16. The molecule has 4 nitrogen and oxygen atoms in total. The summed E-state index contributed by atoms with van der Waals surface area (Å²) in [4.78, 5) is 24.4. The number of carbonyl (C=O) groups is 2. The van der Waals surface area contributed by atoms with Gasteiger partial charge < -0.3 is 9.47 Å². The summed E-state index contributed by atoms with van der Waals surface area (Å²) in [5.41, 5.74) is -0.585. The fraction of sp³-hybridized carbons (Fsp3) is 0.818. The summed E-state index contributed by atoms with van der Waals surface area (Å²) >= 11 is 0. The van der Waals surface area contributed by atoms with E-state index in [4.69, 9.17) is 9.47 Å². The SMILES string of the molecule is C=CC(=O)OCCC1(C(=O)OC2(C3CCCCC3)CC3CCC2C3)CC1. The van der Waals surface area contributed by atoms with Crippen LogP contribution < -0.4 is 0 Å². The van der Waals surface area contributed by atoms with E-state index in [1.807, 2.05) is 0 Å². The normalized spacial score (nSPS) is 35.1. The van der Waals surface area contributed by atoms with Gasteiger partial charge in [-0.3, -0.25) is 4.79 Å². The van der Waals surface area contributed by atoms with Crippen LogP contribution in [-0.2, 0) is 19.1 Å². The molecule has 144 valence electrons. The van der Waals surface area contributed by atoms with Gasteiger partial charge in [0.2, 0.25) is 0 Å². The Bertz CT molecular complexity index is 573. The molecule has 0 amide bonds. The Kier molecular flexibility index (Phi) is 4.87. The average Bonchev–Trinajstić information content (AvgIpc) is 3.19. The van der Waals surface area contributed by atoms with Gasteiger partial charge in [0.25, 0.3) is 0 Å². The molecule has 2 bridgehead atoms. The van der Waals surface area contributed by atoms with Crippen molar-refractivity contribution < 1.29 is 19.1 Å². The Balaban J connectivity index is 1.43. The lowest BCUT2D eigenvalue weighted by atomic mass is 9.69. The summed E-state index contributed by atoms with van der Waals surface area (Å²) in [6, 6.07) is 0. The second-order valence-corrected chi connectivity index (χ2v) is 9.16. The molecule has 0 radical (unpaired) electrons. The average molecular weight is 360 g/mol. The smallest absolute Gasteiger partial charge is 0.330 e. The predicted molar refractivity (Wildman–Crippen MR) is 98.3 cm³/mol. The van der Waals surface area contributed by atoms with E-state index in [-0.39, 0.29) is 18.2 Å². The molecule has 4 saturated carbocycles. The summed E-state index contributed by atoms with van der Waals surface area (Å²) in [7, 11) is 0. The van der Waals surface area contributed by atoms with E-state index in [1.54, 1.807) is 0 Å². The zero-order chi connectivity index (χ0) is 18.2. The van der Waals surface area contributed by atoms with Gasteiger partial charge in [0.15, 0.2) is 0 Å². The van der Waals surface area contributed by atoms with Crippen molar-refractivity contribution in [1.29, 1.82) is 0 Å². The van der Waals surface area contributed by atoms with E-state index in [9.17, 15) is 9.59 Å². The third kappa shape index (κ3) is 3.20. The number of esters is 2. The molecule has 4 fully saturated rings. The van der Waals surface area contributed by atoms with Gasteiger partial charge in [-0.1, -0.05) is 25.8 Å². The maximum absolute atomic E-state index is 13.2. The summed E-state index contributed by atoms with van der Waals surface area (Å²) in [5, 5.41) is 0. The molecule has 3 atom stereocenters. The van der Waals surface area contributed by atoms with Gasteiger partial charge in [-0.25, -0.2) is 4.79 Å². The third-order valence-corrected chi connectivity index (χ3v) is 7.70. The molecule has 0 saturated heterocycles. The molecule has 0 aliphatic heterocycles. The number of rotatable bonds is 7. The van der Waals surface area contributed by atoms with Crippen LogP contribution >= 0.6 is 0 Å². The van der Waals surface area contributed by atoms with Crippen molar-refractivity contribution in [3.05, 3.63) is 12.7 Å². The van der Waals surface area contributed by atoms with Gasteiger partial charge >= 0.3 is 11.9 Å². The van der Waals surface area contributed by atoms with Gasteiger partial charge in [0, 0.05) is 6.08 Å². The Hall–Kier alpha value is -1.32. The second kappa shape index (κ2) is 7.01. The van der Waals surface area contributed by atoms with Crippen LogP contribution in [-0.4, -0.2) is 24.1 Å². The Labute approximate surface area is 156 Å². The number of hydrogen-bond donors (Lipinski definition) is 0. The van der Waals surface area contributed by atoms with Crippen LogP contribution in [0, 0.1) is 23.2 Å². The monoisotopic (exact) mass is 360 g/mol. The molecule has 4 aliphatic carbocycles. The molecule has 0 spiro atoms. The molecule has 0 N–H and O–H groups in total. The quantitative estimate of drug-likeness (QED) is 0.493. The first-order chi connectivity index (χ1) is 12.6. The minimum atomic E-state index is -0.416. The van der Waals surface area contributed by atoms with Gasteiger partial charge in [0.05, 0.1) is 12.0 Å². The highest BCUT2D eigenvalue weighted by atomic mass is 16.6. The van der Waals surface area contributed by atoms with Gasteiger partial charge in [-0.15, -0.1) is 0 Å². The van der Waals surface area contributed by atoms with Gasteiger partial charge in [0.1, 0.15) is 5.60 Å². The van der Waals surface area contributed by atoms with Crippen molar-refractivity contribution in [2.24, 2.45) is 23.2 Å². The minimum absolute atomic E-state index is 0.00900. The molecule has 4 heteroatoms. The Morgan fingerprint density at radius 2 is 1.81 bits per heavy atom. The van der Waals surface area contributed by atoms with E-state index in [0.717, 1.165) is 25.2 Å².